The van der Waals surface area contributed by atoms with Gasteiger partial charge >= 0.3 is 0 Å². The number of imide groups is 1. The summed E-state index contributed by atoms with van der Waals surface area (Å²) in [5.74, 6) is -0.802. The zero-order chi connectivity index (χ0) is 29.6. The molecule has 2 atom stereocenters. The third-order valence-electron chi connectivity index (χ3n) is 7.21. The Kier molecular flexibility index (Phi) is 7.36. The van der Waals surface area contributed by atoms with Crippen LogP contribution in [0.2, 0.25) is 10.0 Å². The number of oxazole rings is 1. The number of carbonyl (C=O) groups excluding carboxylic acids is 2. The van der Waals surface area contributed by atoms with E-state index in [1.165, 1.54) is 18.2 Å². The minimum atomic E-state index is -4.41. The lowest BCUT2D eigenvalue weighted by molar-refractivity contribution is -0.122. The first-order valence-electron chi connectivity index (χ1n) is 13.0. The number of fused-ring (bicyclic) bond motifs is 1. The van der Waals surface area contributed by atoms with Crippen LogP contribution in [0.1, 0.15) is 24.9 Å². The van der Waals surface area contributed by atoms with E-state index in [1.54, 1.807) is 61.5 Å². The van der Waals surface area contributed by atoms with E-state index in [2.05, 4.69) is 4.98 Å². The second kappa shape index (κ2) is 11.0. The molecule has 42 heavy (non-hydrogen) atoms. The molecule has 0 aliphatic carbocycles. The van der Waals surface area contributed by atoms with E-state index in [4.69, 9.17) is 27.6 Å². The Morgan fingerprint density at radius 2 is 1.62 bits per heavy atom. The largest absolute Gasteiger partial charge is 0.436 e. The zero-order valence-electron chi connectivity index (χ0n) is 22.1. The highest BCUT2D eigenvalue weighted by molar-refractivity contribution is 7.89. The van der Waals surface area contributed by atoms with Gasteiger partial charge < -0.3 is 4.42 Å². The third-order valence-corrected chi connectivity index (χ3v) is 9.90. The monoisotopic (exact) mass is 619 g/mol. The minimum Gasteiger partial charge on any atom is -0.436 e. The molecule has 212 valence electrons. The van der Waals surface area contributed by atoms with Gasteiger partial charge in [-0.3, -0.25) is 9.59 Å². The average molecular weight is 621 g/mol. The maximum atomic E-state index is 14.2. The summed E-state index contributed by atoms with van der Waals surface area (Å²) < 4.78 is 35.2. The van der Waals surface area contributed by atoms with Gasteiger partial charge in [0.25, 0.3) is 5.91 Å². The molecule has 1 aliphatic heterocycles. The number of para-hydroxylation sites is 2. The summed E-state index contributed by atoms with van der Waals surface area (Å²) in [6, 6.07) is 24.8. The molecule has 0 bridgehead atoms. The second-order valence-electron chi connectivity index (χ2n) is 9.82. The number of halogens is 2. The summed E-state index contributed by atoms with van der Waals surface area (Å²) >= 11 is 12.5. The van der Waals surface area contributed by atoms with Gasteiger partial charge in [-0.2, -0.15) is 4.31 Å². The first-order valence-corrected chi connectivity index (χ1v) is 15.2. The highest BCUT2D eigenvalue weighted by Gasteiger charge is 2.49. The summed E-state index contributed by atoms with van der Waals surface area (Å²) in [5, 5.41) is 0.118. The minimum absolute atomic E-state index is 0.0481. The molecule has 1 fully saturated rings. The quantitative estimate of drug-likeness (QED) is 0.184. The molecule has 6 rings (SSSR count). The molecule has 2 amide bonds. The Balaban J connectivity index is 1.36. The Bertz CT molecular complexity index is 1890. The van der Waals surface area contributed by atoms with Crippen molar-refractivity contribution in [1.82, 2.24) is 9.29 Å². The van der Waals surface area contributed by atoms with Crippen molar-refractivity contribution in [3.05, 3.63) is 113 Å². The molecule has 4 aromatic carbocycles. The molecule has 2 heterocycles. The Morgan fingerprint density at radius 3 is 2.33 bits per heavy atom. The molecular formula is C31H23Cl2N3O5S. The zero-order valence-corrected chi connectivity index (χ0v) is 24.5. The number of anilines is 1. The van der Waals surface area contributed by atoms with Gasteiger partial charge in [0.15, 0.2) is 5.58 Å². The maximum absolute atomic E-state index is 14.2. The molecule has 8 nitrogen and oxygen atoms in total. The number of nitrogens with zero attached hydrogens (tertiary/aromatic N) is 3. The molecule has 1 saturated heterocycles. The van der Waals surface area contributed by atoms with Crippen molar-refractivity contribution in [3.8, 4) is 11.5 Å². The summed E-state index contributed by atoms with van der Waals surface area (Å²) in [6.45, 7) is 1.67. The van der Waals surface area contributed by atoms with Crippen LogP contribution in [-0.2, 0) is 19.6 Å². The van der Waals surface area contributed by atoms with E-state index in [-0.39, 0.29) is 21.4 Å². The molecule has 5 aromatic rings. The number of carbonyl (C=O) groups is 2. The lowest BCUT2D eigenvalue weighted by Crippen LogP contribution is -2.46. The van der Waals surface area contributed by atoms with Crippen LogP contribution in [0.15, 0.2) is 106 Å². The Hall–Kier alpha value is -4.02. The Labute approximate surface area is 252 Å². The fourth-order valence-electron chi connectivity index (χ4n) is 5.15. The van der Waals surface area contributed by atoms with E-state index >= 15 is 0 Å². The van der Waals surface area contributed by atoms with Crippen molar-refractivity contribution >= 4 is 61.8 Å². The number of hydrogen-bond donors (Lipinski definition) is 0. The Morgan fingerprint density at radius 1 is 0.929 bits per heavy atom. The van der Waals surface area contributed by atoms with Gasteiger partial charge in [-0.25, -0.2) is 18.3 Å². The molecule has 2 unspecified atom stereocenters. The van der Waals surface area contributed by atoms with Crippen molar-refractivity contribution < 1.29 is 22.4 Å². The first kappa shape index (κ1) is 28.1. The van der Waals surface area contributed by atoms with Crippen molar-refractivity contribution in [2.24, 2.45) is 0 Å². The van der Waals surface area contributed by atoms with Gasteiger partial charge in [0.2, 0.25) is 21.8 Å². The number of aromatic nitrogens is 1. The predicted molar refractivity (Wildman–Crippen MR) is 161 cm³/mol. The van der Waals surface area contributed by atoms with Crippen LogP contribution in [0.5, 0.6) is 0 Å². The van der Waals surface area contributed by atoms with Crippen LogP contribution in [0.4, 0.5) is 5.69 Å². The number of sulfonamides is 1. The van der Waals surface area contributed by atoms with Gasteiger partial charge in [0.1, 0.15) is 16.5 Å². The highest BCUT2D eigenvalue weighted by atomic mass is 35.5. The van der Waals surface area contributed by atoms with Gasteiger partial charge in [-0.05, 0) is 67.1 Å². The molecule has 0 N–H and O–H groups in total. The van der Waals surface area contributed by atoms with E-state index in [0.717, 1.165) is 9.21 Å². The number of amides is 2. The van der Waals surface area contributed by atoms with Crippen LogP contribution < -0.4 is 4.90 Å². The highest BCUT2D eigenvalue weighted by Crippen LogP contribution is 2.38. The summed E-state index contributed by atoms with van der Waals surface area (Å²) in [5.41, 5.74) is 2.94. The summed E-state index contributed by atoms with van der Waals surface area (Å²) in [4.78, 5) is 32.5. The summed E-state index contributed by atoms with van der Waals surface area (Å²) in [6.07, 6.45) is -0.347. The van der Waals surface area contributed by atoms with Crippen molar-refractivity contribution in [3.63, 3.8) is 0 Å². The normalized spacial score (nSPS) is 16.5. The lowest BCUT2D eigenvalue weighted by atomic mass is 10.1. The SMILES string of the molecule is CC(c1ccccc1)N(C1CC(=O)N(c2ccc(-c3nc4ccccc4o3)cc2)C1=O)S(=O)(=O)c1cc(Cl)ccc1Cl. The van der Waals surface area contributed by atoms with E-state index < -0.39 is 33.9 Å². The van der Waals surface area contributed by atoms with Crippen LogP contribution >= 0.6 is 23.2 Å². The molecule has 1 aromatic heterocycles. The first-order chi connectivity index (χ1) is 20.1. The second-order valence-corrected chi connectivity index (χ2v) is 12.5. The fraction of sp³-hybridized carbons (Fsp3) is 0.129. The molecule has 1 aliphatic rings. The fourth-order valence-corrected chi connectivity index (χ4v) is 7.65. The van der Waals surface area contributed by atoms with Crippen molar-refractivity contribution in [2.45, 2.75) is 30.3 Å². The molecule has 0 saturated carbocycles. The van der Waals surface area contributed by atoms with Crippen molar-refractivity contribution in [1.29, 1.82) is 0 Å². The molecule has 11 heteroatoms. The van der Waals surface area contributed by atoms with Gasteiger partial charge in [0, 0.05) is 16.6 Å². The molecule has 0 radical (unpaired) electrons. The van der Waals surface area contributed by atoms with Gasteiger partial charge in [-0.1, -0.05) is 65.7 Å². The van der Waals surface area contributed by atoms with E-state index in [9.17, 15) is 18.0 Å². The molecule has 0 spiro atoms. The van der Waals surface area contributed by atoms with Crippen LogP contribution in [-0.4, -0.2) is 35.6 Å². The predicted octanol–water partition coefficient (Wildman–Crippen LogP) is 6.89. The van der Waals surface area contributed by atoms with Crippen LogP contribution in [0.25, 0.3) is 22.6 Å². The topological polar surface area (TPSA) is 101 Å². The third kappa shape index (κ3) is 4.98. The molecular weight excluding hydrogens is 597 g/mol. The average Bonchev–Trinajstić information content (AvgIpc) is 3.55. The van der Waals surface area contributed by atoms with Gasteiger partial charge in [0.05, 0.1) is 17.1 Å². The van der Waals surface area contributed by atoms with Crippen molar-refractivity contribution in [2.75, 3.05) is 4.90 Å². The standard InChI is InChI=1S/C31H23Cl2N3O5S/c1-19(20-7-3-2-4-8-20)36(42(39,40)28-17-22(32)13-16-24(28)33)26-18-29(37)35(31(26)38)23-14-11-21(12-15-23)30-34-25-9-5-6-10-27(25)41-30/h2-17,19,26H,18H2,1H3. The number of hydrogen-bond acceptors (Lipinski definition) is 6. The van der Waals surface area contributed by atoms with E-state index in [1.807, 2.05) is 24.3 Å². The number of benzene rings is 4. The smallest absolute Gasteiger partial charge is 0.252 e. The summed E-state index contributed by atoms with van der Waals surface area (Å²) in [7, 11) is -4.41. The van der Waals surface area contributed by atoms with Gasteiger partial charge in [-0.15, -0.1) is 0 Å². The van der Waals surface area contributed by atoms with Crippen LogP contribution in [0.3, 0.4) is 0 Å². The van der Waals surface area contributed by atoms with E-state index in [0.29, 0.717) is 33.8 Å². The maximum Gasteiger partial charge on any atom is 0.252 e. The number of rotatable bonds is 7. The van der Waals surface area contributed by atoms with Crippen LogP contribution in [0, 0.1) is 0 Å². The lowest BCUT2D eigenvalue weighted by Gasteiger charge is -2.32.